The van der Waals surface area contributed by atoms with Crippen molar-refractivity contribution in [3.05, 3.63) is 0 Å². The van der Waals surface area contributed by atoms with Crippen LogP contribution in [-0.2, 0) is 0 Å². The van der Waals surface area contributed by atoms with Gasteiger partial charge in [0.05, 0.1) is 0 Å². The Hall–Kier alpha value is -0.770. The fourth-order valence-electron chi connectivity index (χ4n) is 3.04. The third-order valence-corrected chi connectivity index (χ3v) is 4.09. The molecule has 0 aromatic carbocycles. The van der Waals surface area contributed by atoms with Gasteiger partial charge in [0.15, 0.2) is 0 Å². The monoisotopic (exact) mass is 223 g/mol. The van der Waals surface area contributed by atoms with Crippen LogP contribution in [0.5, 0.6) is 0 Å². The summed E-state index contributed by atoms with van der Waals surface area (Å²) in [5.74, 6) is 0. The second-order valence-corrected chi connectivity index (χ2v) is 5.39. The Morgan fingerprint density at radius 3 is 2.69 bits per heavy atom. The highest BCUT2D eigenvalue weighted by Gasteiger charge is 2.36. The first-order valence-corrected chi connectivity index (χ1v) is 6.64. The van der Waals surface area contributed by atoms with Crippen molar-refractivity contribution in [2.24, 2.45) is 0 Å². The number of piperidine rings is 1. The lowest BCUT2D eigenvalue weighted by Gasteiger charge is -2.32. The largest absolute Gasteiger partial charge is 0.335 e. The predicted octanol–water partition coefficient (Wildman–Crippen LogP) is 1.07. The van der Waals surface area contributed by atoms with Crippen LogP contribution in [0.2, 0.25) is 0 Å². The van der Waals surface area contributed by atoms with Crippen molar-refractivity contribution in [1.29, 1.82) is 0 Å². The minimum atomic E-state index is 0.0555. The maximum Gasteiger partial charge on any atom is 0.315 e. The molecule has 3 fully saturated rings. The molecule has 4 heteroatoms. The average molecular weight is 223 g/mol. The lowest BCUT2D eigenvalue weighted by Crippen LogP contribution is -2.50. The molecule has 2 heterocycles. The molecule has 1 aliphatic carbocycles. The maximum absolute atomic E-state index is 11.7. The second-order valence-electron chi connectivity index (χ2n) is 5.39. The molecule has 0 bridgehead atoms. The zero-order valence-electron chi connectivity index (χ0n) is 9.74. The van der Waals surface area contributed by atoms with Crippen LogP contribution >= 0.6 is 0 Å². The number of hydrogen-bond donors (Lipinski definition) is 2. The van der Waals surface area contributed by atoms with Crippen LogP contribution in [0, 0.1) is 0 Å². The number of carbonyl (C=O) groups excluding carboxylic acids is 1. The van der Waals surface area contributed by atoms with Crippen molar-refractivity contribution >= 4 is 6.03 Å². The summed E-state index contributed by atoms with van der Waals surface area (Å²) < 4.78 is 0. The van der Waals surface area contributed by atoms with Gasteiger partial charge in [-0.3, -0.25) is 4.90 Å². The van der Waals surface area contributed by atoms with Crippen molar-refractivity contribution in [2.75, 3.05) is 13.1 Å². The molecule has 3 rings (SSSR count). The van der Waals surface area contributed by atoms with Crippen LogP contribution < -0.4 is 10.6 Å². The summed E-state index contributed by atoms with van der Waals surface area (Å²) in [6, 6.07) is 1.52. The zero-order chi connectivity index (χ0) is 11.0. The standard InChI is InChI=1S/C12H21N3O/c16-12(13-9-4-5-9)14-10-6-8-15-7-2-1-3-11(10)15/h9-11H,1-8H2,(H2,13,14,16). The Labute approximate surface area is 96.8 Å². The van der Waals surface area contributed by atoms with Crippen molar-refractivity contribution in [1.82, 2.24) is 15.5 Å². The number of carbonyl (C=O) groups is 1. The van der Waals surface area contributed by atoms with Gasteiger partial charge >= 0.3 is 6.03 Å². The Balaban J connectivity index is 1.51. The molecule has 1 saturated carbocycles. The molecule has 2 atom stereocenters. The van der Waals surface area contributed by atoms with Gasteiger partial charge in [0, 0.05) is 24.7 Å². The maximum atomic E-state index is 11.7. The van der Waals surface area contributed by atoms with E-state index in [9.17, 15) is 4.79 Å². The Morgan fingerprint density at radius 2 is 1.88 bits per heavy atom. The van der Waals surface area contributed by atoms with Gasteiger partial charge in [0.2, 0.25) is 0 Å². The average Bonchev–Trinajstić information content (AvgIpc) is 3.00. The fraction of sp³-hybridized carbons (Fsp3) is 0.917. The normalized spacial score (nSPS) is 34.5. The lowest BCUT2D eigenvalue weighted by atomic mass is 9.99. The minimum absolute atomic E-state index is 0.0555. The smallest absolute Gasteiger partial charge is 0.315 e. The van der Waals surface area contributed by atoms with Crippen LogP contribution in [0.25, 0.3) is 0 Å². The van der Waals surface area contributed by atoms with Crippen LogP contribution in [0.3, 0.4) is 0 Å². The van der Waals surface area contributed by atoms with E-state index in [4.69, 9.17) is 0 Å². The van der Waals surface area contributed by atoms with E-state index in [-0.39, 0.29) is 6.03 Å². The van der Waals surface area contributed by atoms with Gasteiger partial charge in [-0.15, -0.1) is 0 Å². The highest BCUT2D eigenvalue weighted by molar-refractivity contribution is 5.75. The molecule has 90 valence electrons. The van der Waals surface area contributed by atoms with Crippen LogP contribution in [0.15, 0.2) is 0 Å². The molecule has 2 unspecified atom stereocenters. The molecule has 0 spiro atoms. The first-order chi connectivity index (χ1) is 7.83. The molecule has 16 heavy (non-hydrogen) atoms. The molecule has 4 nitrogen and oxygen atoms in total. The number of nitrogens with one attached hydrogen (secondary N) is 2. The van der Waals surface area contributed by atoms with Crippen molar-refractivity contribution < 1.29 is 4.79 Å². The highest BCUT2D eigenvalue weighted by Crippen LogP contribution is 2.27. The van der Waals surface area contributed by atoms with E-state index >= 15 is 0 Å². The summed E-state index contributed by atoms with van der Waals surface area (Å²) in [5.41, 5.74) is 0. The number of rotatable bonds is 2. The van der Waals surface area contributed by atoms with Crippen molar-refractivity contribution in [3.8, 4) is 0 Å². The number of fused-ring (bicyclic) bond motifs is 1. The third kappa shape index (κ3) is 2.17. The van der Waals surface area contributed by atoms with Gasteiger partial charge in [-0.25, -0.2) is 4.79 Å². The topological polar surface area (TPSA) is 44.4 Å². The van der Waals surface area contributed by atoms with E-state index in [0.717, 1.165) is 19.3 Å². The first kappa shape index (κ1) is 10.4. The third-order valence-electron chi connectivity index (χ3n) is 4.09. The summed E-state index contributed by atoms with van der Waals surface area (Å²) >= 11 is 0. The quantitative estimate of drug-likeness (QED) is 0.735. The summed E-state index contributed by atoms with van der Waals surface area (Å²) in [5, 5.41) is 6.17. The number of nitrogens with zero attached hydrogens (tertiary/aromatic N) is 1. The van der Waals surface area contributed by atoms with Gasteiger partial charge in [-0.2, -0.15) is 0 Å². The van der Waals surface area contributed by atoms with Gasteiger partial charge in [-0.1, -0.05) is 6.42 Å². The molecule has 2 N–H and O–H groups in total. The second kappa shape index (κ2) is 4.24. The van der Waals surface area contributed by atoms with E-state index in [1.165, 1.54) is 32.4 Å². The Morgan fingerprint density at radius 1 is 1.00 bits per heavy atom. The molecule has 3 aliphatic rings. The van der Waals surface area contributed by atoms with Crippen molar-refractivity contribution in [2.45, 2.75) is 56.7 Å². The summed E-state index contributed by atoms with van der Waals surface area (Å²) in [6.45, 7) is 2.39. The fourth-order valence-corrected chi connectivity index (χ4v) is 3.04. The van der Waals surface area contributed by atoms with E-state index in [0.29, 0.717) is 18.1 Å². The summed E-state index contributed by atoms with van der Waals surface area (Å²) in [7, 11) is 0. The van der Waals surface area contributed by atoms with Crippen LogP contribution in [0.4, 0.5) is 4.79 Å². The molecule has 0 radical (unpaired) electrons. The molecule has 2 saturated heterocycles. The highest BCUT2D eigenvalue weighted by atomic mass is 16.2. The van der Waals surface area contributed by atoms with E-state index in [1.807, 2.05) is 0 Å². The molecule has 0 aromatic heterocycles. The number of urea groups is 1. The SMILES string of the molecule is O=C(NC1CC1)NC1CCN2CCCCC12. The van der Waals surface area contributed by atoms with Crippen molar-refractivity contribution in [3.63, 3.8) is 0 Å². The van der Waals surface area contributed by atoms with E-state index in [1.54, 1.807) is 0 Å². The van der Waals surface area contributed by atoms with Gasteiger partial charge in [-0.05, 0) is 38.6 Å². The zero-order valence-corrected chi connectivity index (χ0v) is 9.74. The Bertz CT molecular complexity index is 277. The number of amides is 2. The first-order valence-electron chi connectivity index (χ1n) is 6.64. The molecule has 2 amide bonds. The number of hydrogen-bond acceptors (Lipinski definition) is 2. The minimum Gasteiger partial charge on any atom is -0.335 e. The molecular weight excluding hydrogens is 202 g/mol. The molecule has 2 aliphatic heterocycles. The Kier molecular flexibility index (Phi) is 2.75. The van der Waals surface area contributed by atoms with Gasteiger partial charge in [0.1, 0.15) is 0 Å². The van der Waals surface area contributed by atoms with Crippen LogP contribution in [-0.4, -0.2) is 42.1 Å². The summed E-state index contributed by atoms with van der Waals surface area (Å²) in [4.78, 5) is 14.2. The predicted molar refractivity (Wildman–Crippen MR) is 62.3 cm³/mol. The van der Waals surface area contributed by atoms with E-state index < -0.39 is 0 Å². The molecule has 0 aromatic rings. The van der Waals surface area contributed by atoms with Crippen LogP contribution in [0.1, 0.15) is 38.5 Å². The summed E-state index contributed by atoms with van der Waals surface area (Å²) in [6.07, 6.45) is 7.36. The van der Waals surface area contributed by atoms with E-state index in [2.05, 4.69) is 15.5 Å². The van der Waals surface area contributed by atoms with Gasteiger partial charge in [0.25, 0.3) is 0 Å². The lowest BCUT2D eigenvalue weighted by molar-refractivity contribution is 0.179. The van der Waals surface area contributed by atoms with Gasteiger partial charge < -0.3 is 10.6 Å². The molecular formula is C12H21N3O.